The Morgan fingerprint density at radius 2 is 1.55 bits per heavy atom. The molecular weight excluding hydrogens is 390 g/mol. The van der Waals surface area contributed by atoms with Crippen LogP contribution in [0.4, 0.5) is 0 Å². The van der Waals surface area contributed by atoms with Crippen molar-refractivity contribution in [3.8, 4) is 17.2 Å². The molecule has 5 heteroatoms. The number of carbonyl (C=O) groups is 1. The first-order valence-electron chi connectivity index (χ1n) is 10.5. The number of nitrogens with one attached hydrogen (secondary N) is 1. The molecule has 0 radical (unpaired) electrons. The summed E-state index contributed by atoms with van der Waals surface area (Å²) in [7, 11) is 1.68. The Hall–Kier alpha value is -3.31. The lowest BCUT2D eigenvalue weighted by atomic mass is 9.73. The first kappa shape index (κ1) is 20.9. The van der Waals surface area contributed by atoms with E-state index in [4.69, 9.17) is 14.2 Å². The molecule has 4 rings (SSSR count). The molecule has 0 atom stereocenters. The molecule has 1 saturated heterocycles. The van der Waals surface area contributed by atoms with Crippen LogP contribution in [0.2, 0.25) is 0 Å². The lowest BCUT2D eigenvalue weighted by Gasteiger charge is -2.38. The van der Waals surface area contributed by atoms with Gasteiger partial charge in [-0.2, -0.15) is 0 Å². The monoisotopic (exact) mass is 417 g/mol. The number of rotatable bonds is 7. The number of ether oxygens (including phenoxy) is 3. The van der Waals surface area contributed by atoms with Crippen LogP contribution in [0.15, 0.2) is 78.9 Å². The Morgan fingerprint density at radius 1 is 0.903 bits per heavy atom. The minimum absolute atomic E-state index is 0.160. The zero-order chi connectivity index (χ0) is 21.5. The number of benzene rings is 3. The average Bonchev–Trinajstić information content (AvgIpc) is 2.84. The predicted molar refractivity (Wildman–Crippen MR) is 120 cm³/mol. The van der Waals surface area contributed by atoms with E-state index in [0.29, 0.717) is 36.8 Å². The van der Waals surface area contributed by atoms with Crippen molar-refractivity contribution in [3.63, 3.8) is 0 Å². The minimum atomic E-state index is -0.240. The van der Waals surface area contributed by atoms with Crippen molar-refractivity contribution in [2.75, 3.05) is 26.9 Å². The Bertz CT molecular complexity index is 1010. The van der Waals surface area contributed by atoms with Gasteiger partial charge in [0.15, 0.2) is 0 Å². The van der Waals surface area contributed by atoms with Gasteiger partial charge in [0, 0.05) is 30.7 Å². The summed E-state index contributed by atoms with van der Waals surface area (Å²) < 4.78 is 17.2. The minimum Gasteiger partial charge on any atom is -0.496 e. The van der Waals surface area contributed by atoms with E-state index in [1.807, 2.05) is 66.7 Å². The van der Waals surface area contributed by atoms with E-state index in [1.54, 1.807) is 13.2 Å². The number of hydrogen-bond acceptors (Lipinski definition) is 4. The first-order valence-corrected chi connectivity index (χ1v) is 10.5. The number of hydrogen-bond donors (Lipinski definition) is 1. The highest BCUT2D eigenvalue weighted by Gasteiger charge is 2.37. The molecule has 1 aliphatic heterocycles. The molecule has 160 valence electrons. The van der Waals surface area contributed by atoms with Crippen molar-refractivity contribution in [2.45, 2.75) is 18.3 Å². The van der Waals surface area contributed by atoms with Crippen molar-refractivity contribution in [2.24, 2.45) is 0 Å². The SMILES string of the molecule is COc1ccccc1C1(CNC(=O)c2ccccc2Oc2ccccc2)CCOCC1. The van der Waals surface area contributed by atoms with E-state index in [2.05, 4.69) is 11.4 Å². The molecule has 0 saturated carbocycles. The third-order valence-corrected chi connectivity index (χ3v) is 5.82. The van der Waals surface area contributed by atoms with Crippen LogP contribution in [0.25, 0.3) is 0 Å². The lowest BCUT2D eigenvalue weighted by molar-refractivity contribution is 0.0479. The summed E-state index contributed by atoms with van der Waals surface area (Å²) in [4.78, 5) is 13.2. The van der Waals surface area contributed by atoms with Gasteiger partial charge in [-0.25, -0.2) is 0 Å². The van der Waals surface area contributed by atoms with Crippen molar-refractivity contribution < 1.29 is 19.0 Å². The van der Waals surface area contributed by atoms with E-state index in [-0.39, 0.29) is 11.3 Å². The summed E-state index contributed by atoms with van der Waals surface area (Å²) in [6.45, 7) is 1.80. The molecule has 0 aliphatic carbocycles. The molecule has 3 aromatic carbocycles. The topological polar surface area (TPSA) is 56.8 Å². The highest BCUT2D eigenvalue weighted by molar-refractivity contribution is 5.97. The molecule has 0 spiro atoms. The fraction of sp³-hybridized carbons (Fsp3) is 0.269. The van der Waals surface area contributed by atoms with Gasteiger partial charge in [0.25, 0.3) is 5.91 Å². The van der Waals surface area contributed by atoms with Crippen LogP contribution in [0, 0.1) is 0 Å². The lowest BCUT2D eigenvalue weighted by Crippen LogP contribution is -2.44. The van der Waals surface area contributed by atoms with Gasteiger partial charge in [-0.1, -0.05) is 48.5 Å². The van der Waals surface area contributed by atoms with Gasteiger partial charge >= 0.3 is 0 Å². The molecule has 0 aromatic heterocycles. The number of carbonyl (C=O) groups excluding carboxylic acids is 1. The number of methoxy groups -OCH3 is 1. The maximum absolute atomic E-state index is 13.2. The molecule has 1 aliphatic rings. The van der Waals surface area contributed by atoms with Crippen molar-refractivity contribution in [3.05, 3.63) is 90.0 Å². The fourth-order valence-electron chi connectivity index (χ4n) is 4.09. The Labute approximate surface area is 183 Å². The maximum Gasteiger partial charge on any atom is 0.255 e. The summed E-state index contributed by atoms with van der Waals surface area (Å²) in [6, 6.07) is 24.8. The molecule has 31 heavy (non-hydrogen) atoms. The second-order valence-electron chi connectivity index (χ2n) is 7.69. The molecule has 0 unspecified atom stereocenters. The van der Waals surface area contributed by atoms with E-state index in [1.165, 1.54) is 0 Å². The van der Waals surface area contributed by atoms with E-state index < -0.39 is 0 Å². The third kappa shape index (κ3) is 4.72. The van der Waals surface area contributed by atoms with Crippen molar-refractivity contribution in [1.82, 2.24) is 5.32 Å². The molecule has 5 nitrogen and oxygen atoms in total. The largest absolute Gasteiger partial charge is 0.496 e. The van der Waals surface area contributed by atoms with Crippen LogP contribution in [0.3, 0.4) is 0 Å². The van der Waals surface area contributed by atoms with Gasteiger partial charge < -0.3 is 19.5 Å². The standard InChI is InChI=1S/C26H27NO4/c1-29-24-14-8-6-12-22(24)26(15-17-30-18-16-26)19-27-25(28)21-11-5-7-13-23(21)31-20-9-3-2-4-10-20/h2-14H,15-19H2,1H3,(H,27,28). The van der Waals surface area contributed by atoms with Crippen molar-refractivity contribution in [1.29, 1.82) is 0 Å². The number of para-hydroxylation sites is 3. The van der Waals surface area contributed by atoms with Gasteiger partial charge in [-0.15, -0.1) is 0 Å². The molecule has 0 bridgehead atoms. The van der Waals surface area contributed by atoms with Crippen LogP contribution in [-0.4, -0.2) is 32.8 Å². The van der Waals surface area contributed by atoms with Crippen LogP contribution in [0.5, 0.6) is 17.2 Å². The van der Waals surface area contributed by atoms with Gasteiger partial charge in [-0.3, -0.25) is 4.79 Å². The fourth-order valence-corrected chi connectivity index (χ4v) is 4.09. The van der Waals surface area contributed by atoms with Gasteiger partial charge in [0.05, 0.1) is 12.7 Å². The van der Waals surface area contributed by atoms with Crippen LogP contribution < -0.4 is 14.8 Å². The average molecular weight is 418 g/mol. The quantitative estimate of drug-likeness (QED) is 0.590. The van der Waals surface area contributed by atoms with E-state index in [0.717, 1.165) is 24.2 Å². The zero-order valence-electron chi connectivity index (χ0n) is 17.7. The van der Waals surface area contributed by atoms with Crippen molar-refractivity contribution >= 4 is 5.91 Å². The summed E-state index contributed by atoms with van der Waals surface area (Å²) in [5.74, 6) is 1.90. The van der Waals surface area contributed by atoms with Crippen LogP contribution >= 0.6 is 0 Å². The Kier molecular flexibility index (Phi) is 6.53. The Balaban J connectivity index is 1.55. The summed E-state index contributed by atoms with van der Waals surface area (Å²) in [5.41, 5.74) is 1.37. The molecule has 1 N–H and O–H groups in total. The van der Waals surface area contributed by atoms with Crippen LogP contribution in [-0.2, 0) is 10.2 Å². The van der Waals surface area contributed by atoms with E-state index >= 15 is 0 Å². The molecular formula is C26H27NO4. The highest BCUT2D eigenvalue weighted by Crippen LogP contribution is 2.39. The first-order chi connectivity index (χ1) is 15.2. The van der Waals surface area contributed by atoms with E-state index in [9.17, 15) is 4.79 Å². The predicted octanol–water partition coefficient (Wildman–Crippen LogP) is 4.97. The summed E-state index contributed by atoms with van der Waals surface area (Å²) >= 11 is 0. The zero-order valence-corrected chi connectivity index (χ0v) is 17.7. The smallest absolute Gasteiger partial charge is 0.255 e. The highest BCUT2D eigenvalue weighted by atomic mass is 16.5. The summed E-state index contributed by atoms with van der Waals surface area (Å²) in [5, 5.41) is 3.16. The molecule has 1 amide bonds. The second-order valence-corrected chi connectivity index (χ2v) is 7.69. The third-order valence-electron chi connectivity index (χ3n) is 5.82. The normalized spacial score (nSPS) is 15.1. The molecule has 3 aromatic rings. The second kappa shape index (κ2) is 9.67. The van der Waals surface area contributed by atoms with Gasteiger partial charge in [0.2, 0.25) is 0 Å². The van der Waals surface area contributed by atoms with Crippen LogP contribution in [0.1, 0.15) is 28.8 Å². The summed E-state index contributed by atoms with van der Waals surface area (Å²) in [6.07, 6.45) is 1.63. The van der Waals surface area contributed by atoms with Gasteiger partial charge in [-0.05, 0) is 43.2 Å². The molecule has 1 heterocycles. The number of amides is 1. The van der Waals surface area contributed by atoms with Gasteiger partial charge in [0.1, 0.15) is 17.2 Å². The Morgan fingerprint density at radius 3 is 2.29 bits per heavy atom. The molecule has 1 fully saturated rings. The maximum atomic E-state index is 13.2.